The first-order valence-electron chi connectivity index (χ1n) is 12.3. The SMILES string of the molecule is CNC(=O)Nc1ccc2c(c1)CC[C@@]21OC(=O)N(CC(=O)N2CCC[C@H]2c2ccc(F)cc2C(F)(F)F)C1=O. The van der Waals surface area contributed by atoms with Crippen molar-refractivity contribution in [2.75, 3.05) is 25.5 Å². The Hall–Kier alpha value is -4.16. The topological polar surface area (TPSA) is 108 Å². The second-order valence-corrected chi connectivity index (χ2v) is 9.64. The molecule has 0 radical (unpaired) electrons. The molecule has 2 N–H and O–H groups in total. The van der Waals surface area contributed by atoms with Crippen LogP contribution in [-0.2, 0) is 32.5 Å². The van der Waals surface area contributed by atoms with Crippen molar-refractivity contribution in [1.29, 1.82) is 0 Å². The third-order valence-corrected chi connectivity index (χ3v) is 7.39. The van der Waals surface area contributed by atoms with E-state index in [0.29, 0.717) is 40.6 Å². The van der Waals surface area contributed by atoms with Crippen LogP contribution in [0.25, 0.3) is 0 Å². The summed E-state index contributed by atoms with van der Waals surface area (Å²) < 4.78 is 60.0. The zero-order chi connectivity index (χ0) is 28.1. The fourth-order valence-electron chi connectivity index (χ4n) is 5.60. The maximum absolute atomic E-state index is 13.6. The van der Waals surface area contributed by atoms with E-state index in [-0.39, 0.29) is 24.9 Å². The lowest BCUT2D eigenvalue weighted by Gasteiger charge is -2.28. The van der Waals surface area contributed by atoms with Crippen LogP contribution in [-0.4, -0.2) is 53.9 Å². The molecule has 2 saturated heterocycles. The van der Waals surface area contributed by atoms with Gasteiger partial charge in [-0.3, -0.25) is 9.59 Å². The molecule has 1 aliphatic carbocycles. The number of amides is 5. The van der Waals surface area contributed by atoms with E-state index in [0.717, 1.165) is 12.1 Å². The molecule has 39 heavy (non-hydrogen) atoms. The molecule has 2 fully saturated rings. The average molecular weight is 548 g/mol. The zero-order valence-corrected chi connectivity index (χ0v) is 20.7. The van der Waals surface area contributed by atoms with Gasteiger partial charge < -0.3 is 20.3 Å². The van der Waals surface area contributed by atoms with Gasteiger partial charge in [-0.1, -0.05) is 12.1 Å². The number of likely N-dealkylation sites (tertiary alicyclic amines) is 1. The molecule has 2 atom stereocenters. The van der Waals surface area contributed by atoms with Crippen LogP contribution in [0.15, 0.2) is 36.4 Å². The molecule has 0 unspecified atom stereocenters. The van der Waals surface area contributed by atoms with E-state index in [1.54, 1.807) is 18.2 Å². The van der Waals surface area contributed by atoms with Crippen LogP contribution < -0.4 is 10.6 Å². The number of alkyl halides is 3. The summed E-state index contributed by atoms with van der Waals surface area (Å²) in [5.74, 6) is -2.51. The maximum Gasteiger partial charge on any atom is 0.418 e. The van der Waals surface area contributed by atoms with Crippen molar-refractivity contribution < 1.29 is 41.5 Å². The van der Waals surface area contributed by atoms with Gasteiger partial charge >= 0.3 is 18.3 Å². The van der Waals surface area contributed by atoms with E-state index >= 15 is 0 Å². The van der Waals surface area contributed by atoms with E-state index < -0.39 is 59.7 Å². The lowest BCUT2D eigenvalue weighted by molar-refractivity contribution is -0.143. The summed E-state index contributed by atoms with van der Waals surface area (Å²) in [6.45, 7) is -0.589. The molecule has 9 nitrogen and oxygen atoms in total. The van der Waals surface area contributed by atoms with Crippen molar-refractivity contribution in [3.63, 3.8) is 0 Å². The summed E-state index contributed by atoms with van der Waals surface area (Å²) in [6, 6.07) is 5.71. The predicted molar refractivity (Wildman–Crippen MR) is 128 cm³/mol. The molecule has 5 amide bonds. The molecule has 0 aromatic heterocycles. The number of rotatable bonds is 4. The number of anilines is 1. The number of imide groups is 1. The van der Waals surface area contributed by atoms with Gasteiger partial charge in [0.1, 0.15) is 12.4 Å². The summed E-state index contributed by atoms with van der Waals surface area (Å²) in [6.07, 6.45) is -4.74. The molecule has 1 spiro atoms. The molecular weight excluding hydrogens is 524 g/mol. The number of fused-ring (bicyclic) bond motifs is 2. The summed E-state index contributed by atoms with van der Waals surface area (Å²) in [4.78, 5) is 53.0. The quantitative estimate of drug-likeness (QED) is 0.560. The zero-order valence-electron chi connectivity index (χ0n) is 20.7. The highest BCUT2D eigenvalue weighted by Gasteiger charge is 2.58. The lowest BCUT2D eigenvalue weighted by Crippen LogP contribution is -2.44. The van der Waals surface area contributed by atoms with E-state index in [4.69, 9.17) is 4.74 Å². The van der Waals surface area contributed by atoms with E-state index in [2.05, 4.69) is 10.6 Å². The number of ether oxygens (including phenoxy) is 1. The summed E-state index contributed by atoms with van der Waals surface area (Å²) in [7, 11) is 1.46. The fraction of sp³-hybridized carbons (Fsp3) is 0.385. The highest BCUT2D eigenvalue weighted by molar-refractivity contribution is 6.06. The monoisotopic (exact) mass is 548 g/mol. The number of hydrogen-bond donors (Lipinski definition) is 2. The van der Waals surface area contributed by atoms with Crippen molar-refractivity contribution in [2.24, 2.45) is 0 Å². The maximum atomic E-state index is 13.6. The Morgan fingerprint density at radius 3 is 2.64 bits per heavy atom. The number of urea groups is 1. The van der Waals surface area contributed by atoms with Gasteiger partial charge in [-0.15, -0.1) is 0 Å². The van der Waals surface area contributed by atoms with Crippen LogP contribution in [0.3, 0.4) is 0 Å². The van der Waals surface area contributed by atoms with Crippen LogP contribution in [0.4, 0.5) is 32.8 Å². The fourth-order valence-corrected chi connectivity index (χ4v) is 5.60. The number of carbonyl (C=O) groups excluding carboxylic acids is 4. The highest BCUT2D eigenvalue weighted by atomic mass is 19.4. The smallest absolute Gasteiger partial charge is 0.418 e. The molecule has 0 bridgehead atoms. The predicted octanol–water partition coefficient (Wildman–Crippen LogP) is 4.08. The van der Waals surface area contributed by atoms with Crippen LogP contribution >= 0.6 is 0 Å². The number of carbonyl (C=O) groups is 4. The van der Waals surface area contributed by atoms with Crippen LogP contribution in [0.2, 0.25) is 0 Å². The number of nitrogens with zero attached hydrogens (tertiary/aromatic N) is 2. The molecule has 2 aromatic rings. The number of halogens is 4. The minimum Gasteiger partial charge on any atom is -0.427 e. The van der Waals surface area contributed by atoms with E-state index in [1.807, 2.05) is 0 Å². The van der Waals surface area contributed by atoms with Crippen molar-refractivity contribution >= 4 is 29.6 Å². The number of aryl methyl sites for hydroxylation is 1. The Morgan fingerprint density at radius 1 is 1.15 bits per heavy atom. The van der Waals surface area contributed by atoms with Gasteiger partial charge in [0.2, 0.25) is 11.5 Å². The van der Waals surface area contributed by atoms with Gasteiger partial charge in [0.05, 0.1) is 11.6 Å². The highest BCUT2D eigenvalue weighted by Crippen LogP contribution is 2.46. The molecule has 2 aliphatic heterocycles. The van der Waals surface area contributed by atoms with E-state index in [1.165, 1.54) is 11.9 Å². The first-order chi connectivity index (χ1) is 18.4. The van der Waals surface area contributed by atoms with Crippen molar-refractivity contribution in [3.05, 3.63) is 64.5 Å². The summed E-state index contributed by atoms with van der Waals surface area (Å²) >= 11 is 0. The molecule has 2 heterocycles. The van der Waals surface area contributed by atoms with Crippen molar-refractivity contribution in [2.45, 2.75) is 43.5 Å². The molecular formula is C26H24F4N4O5. The van der Waals surface area contributed by atoms with Gasteiger partial charge in [0.15, 0.2) is 0 Å². The molecule has 3 aliphatic rings. The van der Waals surface area contributed by atoms with Gasteiger partial charge in [0.25, 0.3) is 5.91 Å². The molecule has 206 valence electrons. The number of benzene rings is 2. The van der Waals surface area contributed by atoms with Crippen LogP contribution in [0, 0.1) is 5.82 Å². The van der Waals surface area contributed by atoms with Gasteiger partial charge in [0, 0.05) is 31.3 Å². The third kappa shape index (κ3) is 4.55. The van der Waals surface area contributed by atoms with Crippen LogP contribution in [0.5, 0.6) is 0 Å². The minimum atomic E-state index is -4.83. The molecule has 5 rings (SSSR count). The summed E-state index contributed by atoms with van der Waals surface area (Å²) in [5.41, 5.74) is -1.42. The van der Waals surface area contributed by atoms with Crippen molar-refractivity contribution in [1.82, 2.24) is 15.1 Å². The van der Waals surface area contributed by atoms with Gasteiger partial charge in [-0.25, -0.2) is 18.9 Å². The minimum absolute atomic E-state index is 0.115. The largest absolute Gasteiger partial charge is 0.427 e. The lowest BCUT2D eigenvalue weighted by atomic mass is 9.94. The van der Waals surface area contributed by atoms with E-state index in [9.17, 15) is 36.7 Å². The second kappa shape index (κ2) is 9.54. The second-order valence-electron chi connectivity index (χ2n) is 9.64. The normalized spacial score (nSPS) is 22.3. The Kier molecular flexibility index (Phi) is 6.47. The van der Waals surface area contributed by atoms with Gasteiger partial charge in [-0.05, 0) is 54.7 Å². The number of nitrogens with one attached hydrogen (secondary N) is 2. The van der Waals surface area contributed by atoms with Crippen LogP contribution in [0.1, 0.15) is 47.6 Å². The molecule has 2 aromatic carbocycles. The first-order valence-corrected chi connectivity index (χ1v) is 12.3. The molecule has 0 saturated carbocycles. The average Bonchev–Trinajstić information content (AvgIpc) is 3.57. The molecule has 13 heteroatoms. The first kappa shape index (κ1) is 26.4. The number of hydrogen-bond acceptors (Lipinski definition) is 5. The Labute approximate surface area is 220 Å². The third-order valence-electron chi connectivity index (χ3n) is 7.39. The van der Waals surface area contributed by atoms with Gasteiger partial charge in [-0.2, -0.15) is 13.2 Å². The Morgan fingerprint density at radius 2 is 1.92 bits per heavy atom. The Balaban J connectivity index is 1.36. The van der Waals surface area contributed by atoms with Crippen molar-refractivity contribution in [3.8, 4) is 0 Å². The Bertz CT molecular complexity index is 1380. The standard InChI is InChI=1S/C26H24F4N4O5/c1-31-23(37)32-16-5-7-18-14(11-16)8-9-25(18)22(36)34(24(38)39-25)13-21(35)33-10-2-3-20(33)17-6-4-15(27)12-19(17)26(28,29)30/h4-7,11-12,20H,2-3,8-10,13H2,1H3,(H2,31,32,37)/t20-,25+/m0/s1. The summed E-state index contributed by atoms with van der Waals surface area (Å²) in [5, 5.41) is 5.05.